The summed E-state index contributed by atoms with van der Waals surface area (Å²) < 4.78 is 32.4. The zero-order valence-electron chi connectivity index (χ0n) is 12.4. The predicted molar refractivity (Wildman–Crippen MR) is 80.0 cm³/mol. The second-order valence-corrected chi connectivity index (χ2v) is 7.07. The van der Waals surface area contributed by atoms with E-state index in [1.807, 2.05) is 20.8 Å². The number of nitrogens with zero attached hydrogens (tertiary/aromatic N) is 1. The molecule has 6 nitrogen and oxygen atoms in total. The minimum atomic E-state index is -3.58. The highest BCUT2D eigenvalue weighted by molar-refractivity contribution is 7.89. The average Bonchev–Trinajstić information content (AvgIpc) is 2.44. The van der Waals surface area contributed by atoms with Crippen LogP contribution in [-0.4, -0.2) is 34.0 Å². The van der Waals surface area contributed by atoms with Crippen LogP contribution >= 0.6 is 0 Å². The monoisotopic (exact) mass is 312 g/mol. The number of anilines is 1. The molecule has 1 heterocycles. The van der Waals surface area contributed by atoms with Crippen LogP contribution < -0.4 is 14.4 Å². The zero-order valence-corrected chi connectivity index (χ0v) is 13.2. The summed E-state index contributed by atoms with van der Waals surface area (Å²) in [4.78, 5) is 13.5. The van der Waals surface area contributed by atoms with Gasteiger partial charge in [0, 0.05) is 13.1 Å². The number of rotatable bonds is 5. The van der Waals surface area contributed by atoms with Gasteiger partial charge in [0.1, 0.15) is 5.75 Å². The van der Waals surface area contributed by atoms with Gasteiger partial charge in [0.2, 0.25) is 10.0 Å². The van der Waals surface area contributed by atoms with Crippen molar-refractivity contribution in [3.05, 3.63) is 18.2 Å². The molecule has 0 fully saturated rings. The third-order valence-electron chi connectivity index (χ3n) is 3.18. The van der Waals surface area contributed by atoms with Crippen molar-refractivity contribution in [3.8, 4) is 5.75 Å². The van der Waals surface area contributed by atoms with Gasteiger partial charge in [-0.2, -0.15) is 0 Å². The lowest BCUT2D eigenvalue weighted by atomic mass is 10.2. The van der Waals surface area contributed by atoms with Gasteiger partial charge in [-0.15, -0.1) is 0 Å². The van der Waals surface area contributed by atoms with Gasteiger partial charge in [0.25, 0.3) is 5.91 Å². The molecule has 0 bridgehead atoms. The van der Waals surface area contributed by atoms with Gasteiger partial charge < -0.3 is 9.64 Å². The molecule has 1 aromatic carbocycles. The summed E-state index contributed by atoms with van der Waals surface area (Å²) in [5.41, 5.74) is 0.501. The van der Waals surface area contributed by atoms with Gasteiger partial charge in [-0.1, -0.05) is 13.8 Å². The molecule has 1 aliphatic heterocycles. The van der Waals surface area contributed by atoms with E-state index in [2.05, 4.69) is 4.72 Å². The summed E-state index contributed by atoms with van der Waals surface area (Å²) in [7, 11) is -3.58. The van der Waals surface area contributed by atoms with Crippen molar-refractivity contribution in [3.63, 3.8) is 0 Å². The van der Waals surface area contributed by atoms with Crippen molar-refractivity contribution in [1.82, 2.24) is 4.72 Å². The van der Waals surface area contributed by atoms with E-state index in [9.17, 15) is 13.2 Å². The highest BCUT2D eigenvalue weighted by Gasteiger charge is 2.26. The molecule has 0 radical (unpaired) electrons. The van der Waals surface area contributed by atoms with E-state index in [1.54, 1.807) is 6.07 Å². The number of fused-ring (bicyclic) bond motifs is 1. The lowest BCUT2D eigenvalue weighted by Crippen LogP contribution is -2.38. The quantitative estimate of drug-likeness (QED) is 0.891. The number of benzene rings is 1. The molecule has 1 aromatic rings. The molecule has 0 unspecified atom stereocenters. The lowest BCUT2D eigenvalue weighted by Gasteiger charge is -2.28. The van der Waals surface area contributed by atoms with Crippen molar-refractivity contribution in [2.45, 2.75) is 25.7 Å². The summed E-state index contributed by atoms with van der Waals surface area (Å²) in [6, 6.07) is 4.57. The maximum Gasteiger partial charge on any atom is 0.265 e. The van der Waals surface area contributed by atoms with E-state index in [0.717, 1.165) is 0 Å². The highest BCUT2D eigenvalue weighted by atomic mass is 32.2. The Morgan fingerprint density at radius 3 is 2.71 bits per heavy atom. The molecule has 0 spiro atoms. The number of carbonyl (C=O) groups is 1. The molecule has 116 valence electrons. The topological polar surface area (TPSA) is 75.7 Å². The maximum absolute atomic E-state index is 12.2. The smallest absolute Gasteiger partial charge is 0.265 e. The van der Waals surface area contributed by atoms with Gasteiger partial charge >= 0.3 is 0 Å². The number of ether oxygens (including phenoxy) is 1. The van der Waals surface area contributed by atoms with E-state index in [1.165, 1.54) is 17.0 Å². The van der Waals surface area contributed by atoms with Gasteiger partial charge in [-0.05, 0) is 31.0 Å². The summed E-state index contributed by atoms with van der Waals surface area (Å²) in [6.45, 7) is 6.52. The largest absolute Gasteiger partial charge is 0.482 e. The molecule has 21 heavy (non-hydrogen) atoms. The molecule has 1 aliphatic rings. The number of likely N-dealkylation sites (N-methyl/N-ethyl adjacent to an activating group) is 1. The van der Waals surface area contributed by atoms with Crippen LogP contribution in [0.3, 0.4) is 0 Å². The van der Waals surface area contributed by atoms with Crippen LogP contribution in [0.5, 0.6) is 5.75 Å². The summed E-state index contributed by atoms with van der Waals surface area (Å²) in [6.07, 6.45) is 0. The van der Waals surface area contributed by atoms with Crippen molar-refractivity contribution in [2.24, 2.45) is 5.92 Å². The van der Waals surface area contributed by atoms with Crippen molar-refractivity contribution < 1.29 is 17.9 Å². The first kappa shape index (κ1) is 15.8. The molecule has 1 amide bonds. The van der Waals surface area contributed by atoms with E-state index in [0.29, 0.717) is 24.5 Å². The fraction of sp³-hybridized carbons (Fsp3) is 0.500. The van der Waals surface area contributed by atoms with Crippen molar-refractivity contribution in [1.29, 1.82) is 0 Å². The van der Waals surface area contributed by atoms with E-state index in [4.69, 9.17) is 4.74 Å². The first-order chi connectivity index (χ1) is 9.85. The van der Waals surface area contributed by atoms with Crippen LogP contribution in [-0.2, 0) is 14.8 Å². The number of nitrogens with one attached hydrogen (secondary N) is 1. The number of hydrogen-bond donors (Lipinski definition) is 1. The summed E-state index contributed by atoms with van der Waals surface area (Å²) in [5, 5.41) is 0. The van der Waals surface area contributed by atoms with E-state index >= 15 is 0 Å². The van der Waals surface area contributed by atoms with Crippen LogP contribution in [0, 0.1) is 5.92 Å². The third kappa shape index (κ3) is 3.36. The van der Waals surface area contributed by atoms with Crippen LogP contribution in [0.15, 0.2) is 23.1 Å². The summed E-state index contributed by atoms with van der Waals surface area (Å²) in [5.74, 6) is 0.573. The Bertz CT molecular complexity index is 640. The van der Waals surface area contributed by atoms with Crippen LogP contribution in [0.2, 0.25) is 0 Å². The fourth-order valence-corrected chi connectivity index (χ4v) is 3.29. The molecule has 0 saturated carbocycles. The number of hydrogen-bond acceptors (Lipinski definition) is 4. The van der Waals surface area contributed by atoms with Crippen molar-refractivity contribution >= 4 is 21.6 Å². The minimum absolute atomic E-state index is 0.0153. The molecule has 7 heteroatoms. The van der Waals surface area contributed by atoms with Crippen molar-refractivity contribution in [2.75, 3.05) is 24.6 Å². The molecule has 2 rings (SSSR count). The fourth-order valence-electron chi connectivity index (χ4n) is 2.06. The standard InChI is InChI=1S/C14H20N2O4S/c1-4-16-12-7-11(21(18,19)15-8-10(2)3)5-6-13(12)20-9-14(16)17/h5-7,10,15H,4,8-9H2,1-3H3. The number of carbonyl (C=O) groups excluding carboxylic acids is 1. The molecule has 1 N–H and O–H groups in total. The number of amides is 1. The predicted octanol–water partition coefficient (Wildman–Crippen LogP) is 1.37. The Morgan fingerprint density at radius 2 is 2.10 bits per heavy atom. The second-order valence-electron chi connectivity index (χ2n) is 5.30. The molecule has 0 aromatic heterocycles. The van der Waals surface area contributed by atoms with Crippen LogP contribution in [0.4, 0.5) is 5.69 Å². The Labute approximate surface area is 125 Å². The molecular formula is C14H20N2O4S. The maximum atomic E-state index is 12.2. The number of sulfonamides is 1. The SMILES string of the molecule is CCN1C(=O)COc2ccc(S(=O)(=O)NCC(C)C)cc21. The first-order valence-corrected chi connectivity index (χ1v) is 8.40. The second kappa shape index (κ2) is 6.03. The minimum Gasteiger partial charge on any atom is -0.482 e. The zero-order chi connectivity index (χ0) is 15.6. The molecule has 0 atom stereocenters. The Hall–Kier alpha value is -1.60. The lowest BCUT2D eigenvalue weighted by molar-refractivity contribution is -0.121. The van der Waals surface area contributed by atoms with E-state index < -0.39 is 10.0 Å². The Kier molecular flexibility index (Phi) is 4.53. The first-order valence-electron chi connectivity index (χ1n) is 6.92. The molecular weight excluding hydrogens is 292 g/mol. The molecule has 0 saturated heterocycles. The average molecular weight is 312 g/mol. The van der Waals surface area contributed by atoms with Crippen LogP contribution in [0.25, 0.3) is 0 Å². The third-order valence-corrected chi connectivity index (χ3v) is 4.60. The van der Waals surface area contributed by atoms with Crippen LogP contribution in [0.1, 0.15) is 20.8 Å². The Balaban J connectivity index is 2.36. The van der Waals surface area contributed by atoms with Gasteiger partial charge in [0.15, 0.2) is 6.61 Å². The normalized spacial score (nSPS) is 15.0. The van der Waals surface area contributed by atoms with Gasteiger partial charge in [-0.25, -0.2) is 13.1 Å². The van der Waals surface area contributed by atoms with Gasteiger partial charge in [0.05, 0.1) is 10.6 Å². The van der Waals surface area contributed by atoms with E-state index in [-0.39, 0.29) is 23.3 Å². The molecule has 0 aliphatic carbocycles. The summed E-state index contributed by atoms with van der Waals surface area (Å²) >= 11 is 0. The van der Waals surface area contributed by atoms with Gasteiger partial charge in [-0.3, -0.25) is 4.79 Å². The highest BCUT2D eigenvalue weighted by Crippen LogP contribution is 2.33. The Morgan fingerprint density at radius 1 is 1.38 bits per heavy atom.